The summed E-state index contributed by atoms with van der Waals surface area (Å²) in [5, 5.41) is 0. The predicted octanol–water partition coefficient (Wildman–Crippen LogP) is 1.87. The summed E-state index contributed by atoms with van der Waals surface area (Å²) in [6, 6.07) is 7.60. The number of nitrogens with zero attached hydrogens (tertiary/aromatic N) is 2. The van der Waals surface area contributed by atoms with E-state index in [4.69, 9.17) is 15.2 Å². The van der Waals surface area contributed by atoms with Crippen LogP contribution in [0.25, 0.3) is 0 Å². The van der Waals surface area contributed by atoms with E-state index in [-0.39, 0.29) is 31.0 Å². The molecule has 3 aliphatic rings. The highest BCUT2D eigenvalue weighted by molar-refractivity contribution is 6.05. The molecule has 1 aromatic rings. The van der Waals surface area contributed by atoms with Crippen molar-refractivity contribution in [2.45, 2.75) is 38.3 Å². The van der Waals surface area contributed by atoms with E-state index >= 15 is 0 Å². The average Bonchev–Trinajstić information content (AvgIpc) is 3.33. The largest absolute Gasteiger partial charge is 0.484 e. The lowest BCUT2D eigenvalue weighted by Gasteiger charge is -2.26. The lowest BCUT2D eigenvalue weighted by molar-refractivity contribution is -0.141. The maximum atomic E-state index is 12.6. The van der Waals surface area contributed by atoms with E-state index in [1.807, 2.05) is 12.1 Å². The Hall–Kier alpha value is -3.43. The Labute approximate surface area is 217 Å². The van der Waals surface area contributed by atoms with E-state index in [2.05, 4.69) is 21.8 Å². The van der Waals surface area contributed by atoms with Crippen LogP contribution >= 0.6 is 0 Å². The number of ether oxygens (including phenoxy) is 3. The van der Waals surface area contributed by atoms with Crippen molar-refractivity contribution in [3.05, 3.63) is 70.6 Å². The Morgan fingerprint density at radius 3 is 2.54 bits per heavy atom. The summed E-state index contributed by atoms with van der Waals surface area (Å²) in [7, 11) is 1.30. The molecule has 2 heterocycles. The van der Waals surface area contributed by atoms with Crippen LogP contribution in [0.3, 0.4) is 0 Å². The third-order valence-corrected chi connectivity index (χ3v) is 6.93. The molecule has 4 rings (SSSR count). The summed E-state index contributed by atoms with van der Waals surface area (Å²) in [6.07, 6.45) is 7.40. The van der Waals surface area contributed by atoms with Gasteiger partial charge >= 0.3 is 5.97 Å². The number of carbonyl (C=O) groups is 3. The van der Waals surface area contributed by atoms with Gasteiger partial charge in [-0.1, -0.05) is 24.3 Å². The summed E-state index contributed by atoms with van der Waals surface area (Å²) in [6.45, 7) is 5.30. The van der Waals surface area contributed by atoms with E-state index in [0.29, 0.717) is 6.54 Å². The quantitative estimate of drug-likeness (QED) is 0.425. The molecule has 1 aliphatic carbocycles. The third-order valence-electron chi connectivity index (χ3n) is 6.93. The zero-order valence-electron chi connectivity index (χ0n) is 21.3. The second kappa shape index (κ2) is 12.7. The third kappa shape index (κ3) is 7.08. The number of methoxy groups -OCH3 is 1. The number of fused-ring (bicyclic) bond motifs is 1. The van der Waals surface area contributed by atoms with E-state index in [1.54, 1.807) is 17.2 Å². The van der Waals surface area contributed by atoms with E-state index in [1.165, 1.54) is 18.7 Å². The molecule has 0 spiro atoms. The number of carbonyl (C=O) groups excluding carboxylic acids is 3. The Kier molecular flexibility index (Phi) is 9.14. The van der Waals surface area contributed by atoms with Gasteiger partial charge in [-0.2, -0.15) is 0 Å². The van der Waals surface area contributed by atoms with Crippen molar-refractivity contribution >= 4 is 17.7 Å². The van der Waals surface area contributed by atoms with Crippen molar-refractivity contribution in [1.82, 2.24) is 9.80 Å². The Balaban J connectivity index is 1.33. The lowest BCUT2D eigenvalue weighted by Crippen LogP contribution is -2.41. The second-order valence-electron chi connectivity index (χ2n) is 9.46. The number of hydrogen-bond acceptors (Lipinski definition) is 8. The topological polar surface area (TPSA) is 111 Å². The van der Waals surface area contributed by atoms with Gasteiger partial charge in [0.15, 0.2) is 5.76 Å². The van der Waals surface area contributed by atoms with E-state index < -0.39 is 17.9 Å². The van der Waals surface area contributed by atoms with Crippen LogP contribution in [0.15, 0.2) is 59.5 Å². The molecule has 1 amide bonds. The van der Waals surface area contributed by atoms with Crippen molar-refractivity contribution < 1.29 is 28.6 Å². The summed E-state index contributed by atoms with van der Waals surface area (Å²) in [4.78, 5) is 40.5. The molecule has 0 bridgehead atoms. The first-order valence-electron chi connectivity index (χ1n) is 12.7. The molecule has 0 radical (unpaired) electrons. The maximum Gasteiger partial charge on any atom is 0.305 e. The van der Waals surface area contributed by atoms with Gasteiger partial charge in [0.05, 0.1) is 20.3 Å². The number of primary amides is 1. The van der Waals surface area contributed by atoms with Crippen LogP contribution in [0.2, 0.25) is 0 Å². The van der Waals surface area contributed by atoms with Gasteiger partial charge in [-0.3, -0.25) is 19.3 Å². The molecule has 37 heavy (non-hydrogen) atoms. The minimum Gasteiger partial charge on any atom is -0.484 e. The second-order valence-corrected chi connectivity index (χ2v) is 9.46. The fraction of sp³-hybridized carbons (Fsp3) is 0.464. The number of esters is 1. The molecule has 0 saturated carbocycles. The normalized spacial score (nSPS) is 18.5. The summed E-state index contributed by atoms with van der Waals surface area (Å²) in [5.74, 6) is -0.874. The van der Waals surface area contributed by atoms with Gasteiger partial charge in [0.1, 0.15) is 12.6 Å². The Morgan fingerprint density at radius 2 is 1.84 bits per heavy atom. The monoisotopic (exact) mass is 509 g/mol. The summed E-state index contributed by atoms with van der Waals surface area (Å²) >= 11 is 0. The van der Waals surface area contributed by atoms with Crippen LogP contribution in [0.5, 0.6) is 0 Å². The zero-order valence-corrected chi connectivity index (χ0v) is 21.3. The molecule has 2 aliphatic heterocycles. The van der Waals surface area contributed by atoms with Crippen molar-refractivity contribution in [3.63, 3.8) is 0 Å². The average molecular weight is 510 g/mol. The zero-order chi connectivity index (χ0) is 26.2. The predicted molar refractivity (Wildman–Crippen MR) is 137 cm³/mol. The van der Waals surface area contributed by atoms with Gasteiger partial charge in [-0.25, -0.2) is 0 Å². The smallest absolute Gasteiger partial charge is 0.305 e. The number of hydrogen-bond donors (Lipinski definition) is 1. The lowest BCUT2D eigenvalue weighted by atomic mass is 10.00. The highest BCUT2D eigenvalue weighted by Crippen LogP contribution is 2.32. The van der Waals surface area contributed by atoms with E-state index in [0.717, 1.165) is 62.4 Å². The van der Waals surface area contributed by atoms with Crippen LogP contribution < -0.4 is 5.73 Å². The number of ketones is 1. The van der Waals surface area contributed by atoms with E-state index in [9.17, 15) is 14.4 Å². The van der Waals surface area contributed by atoms with Crippen molar-refractivity contribution in [3.8, 4) is 0 Å². The maximum absolute atomic E-state index is 12.6. The van der Waals surface area contributed by atoms with Crippen LogP contribution in [-0.4, -0.2) is 80.0 Å². The number of rotatable bonds is 12. The fourth-order valence-corrected chi connectivity index (χ4v) is 4.79. The van der Waals surface area contributed by atoms with Gasteiger partial charge in [-0.05, 0) is 54.7 Å². The number of nitrogens with two attached hydrogens (primary N) is 1. The van der Waals surface area contributed by atoms with Crippen molar-refractivity contribution in [2.75, 3.05) is 46.5 Å². The van der Waals surface area contributed by atoms with Gasteiger partial charge in [0.2, 0.25) is 11.7 Å². The standard InChI is InChI=1S/C28H35N3O6/c1-35-26(33)11-9-24(28(29)34)31-17-22-8-10-25(32)27(23(22)18-31)37-19-21-6-4-20(5-7-21)3-2-12-30-13-15-36-16-14-30/h4-8,10,17,24H,2-3,9,11-16,18-19H2,1H3,(H2,29,34). The van der Waals surface area contributed by atoms with Gasteiger partial charge in [-0.15, -0.1) is 0 Å². The Bertz CT molecular complexity index is 1090. The van der Waals surface area contributed by atoms with Gasteiger partial charge in [0, 0.05) is 37.8 Å². The molecule has 1 saturated heterocycles. The molecule has 198 valence electrons. The van der Waals surface area contributed by atoms with Crippen LogP contribution in [0.1, 0.15) is 30.4 Å². The fourth-order valence-electron chi connectivity index (χ4n) is 4.79. The molecule has 1 unspecified atom stereocenters. The van der Waals surface area contributed by atoms with Gasteiger partial charge in [0.25, 0.3) is 0 Å². The summed E-state index contributed by atoms with van der Waals surface area (Å²) < 4.78 is 16.1. The minimum atomic E-state index is -0.690. The number of aryl methyl sites for hydroxylation is 1. The SMILES string of the molecule is COC(=O)CCC(C(N)=O)N1C=C2C=CC(=O)C(OCc3ccc(CCCN4CCOCC4)cc3)=C2C1. The molecule has 9 heteroatoms. The van der Waals surface area contributed by atoms with Crippen LogP contribution in [-0.2, 0) is 41.6 Å². The van der Waals surface area contributed by atoms with Crippen LogP contribution in [0, 0.1) is 0 Å². The number of amides is 1. The molecule has 2 N–H and O–H groups in total. The van der Waals surface area contributed by atoms with Crippen LogP contribution in [0.4, 0.5) is 0 Å². The van der Waals surface area contributed by atoms with Crippen molar-refractivity contribution in [1.29, 1.82) is 0 Å². The highest BCUT2D eigenvalue weighted by atomic mass is 16.5. The molecular weight excluding hydrogens is 474 g/mol. The molecule has 9 nitrogen and oxygen atoms in total. The minimum absolute atomic E-state index is 0.0736. The molecular formula is C28H35N3O6. The molecule has 1 atom stereocenters. The first-order valence-corrected chi connectivity index (χ1v) is 12.7. The molecule has 1 fully saturated rings. The first-order chi connectivity index (χ1) is 17.9. The highest BCUT2D eigenvalue weighted by Gasteiger charge is 2.33. The number of allylic oxidation sites excluding steroid dienone is 2. The molecule has 1 aromatic carbocycles. The first kappa shape index (κ1) is 26.6. The molecule has 0 aromatic heterocycles. The number of morpholine rings is 1. The summed E-state index contributed by atoms with van der Waals surface area (Å²) in [5.41, 5.74) is 9.38. The van der Waals surface area contributed by atoms with Crippen molar-refractivity contribution in [2.24, 2.45) is 5.73 Å². The number of benzene rings is 1. The van der Waals surface area contributed by atoms with Gasteiger partial charge < -0.3 is 24.8 Å². The Morgan fingerprint density at radius 1 is 1.11 bits per heavy atom.